The number of pyridine rings is 1. The van der Waals surface area contributed by atoms with Crippen LogP contribution in [-0.2, 0) is 0 Å². The Bertz CT molecular complexity index is 226. The molecule has 0 saturated carbocycles. The molecule has 1 rings (SSSR count). The maximum absolute atomic E-state index is 8.71. The molecule has 2 N–H and O–H groups in total. The van der Waals surface area contributed by atoms with E-state index in [4.69, 9.17) is 5.11 Å². The second-order valence-corrected chi connectivity index (χ2v) is 2.99. The van der Waals surface area contributed by atoms with Crippen molar-refractivity contribution < 1.29 is 5.11 Å². The molecular formula is C10H16N2O. The molecule has 0 fully saturated rings. The van der Waals surface area contributed by atoms with Gasteiger partial charge in [0.25, 0.3) is 0 Å². The molecule has 1 heterocycles. The van der Waals surface area contributed by atoms with Crippen molar-refractivity contribution in [3.63, 3.8) is 0 Å². The first-order chi connectivity index (χ1) is 6.38. The summed E-state index contributed by atoms with van der Waals surface area (Å²) in [6, 6.07) is 4.28. The second-order valence-electron chi connectivity index (χ2n) is 2.99. The highest BCUT2D eigenvalue weighted by molar-refractivity contribution is 5.13. The largest absolute Gasteiger partial charge is 0.396 e. The van der Waals surface area contributed by atoms with Crippen molar-refractivity contribution in [3.8, 4) is 0 Å². The van der Waals surface area contributed by atoms with Crippen molar-refractivity contribution >= 4 is 0 Å². The summed E-state index contributed by atoms with van der Waals surface area (Å²) in [4.78, 5) is 4.06. The third kappa shape index (κ3) is 3.13. The smallest absolute Gasteiger partial charge is 0.0431 e. The van der Waals surface area contributed by atoms with E-state index in [2.05, 4.69) is 10.3 Å². The fourth-order valence-corrected chi connectivity index (χ4v) is 1.36. The second kappa shape index (κ2) is 5.67. The van der Waals surface area contributed by atoms with E-state index in [1.54, 1.807) is 6.20 Å². The Kier molecular flexibility index (Phi) is 4.43. The summed E-state index contributed by atoms with van der Waals surface area (Å²) in [7, 11) is 1.93. The summed E-state index contributed by atoms with van der Waals surface area (Å²) in [6.45, 7) is 0.248. The van der Waals surface area contributed by atoms with E-state index < -0.39 is 0 Å². The van der Waals surface area contributed by atoms with Crippen molar-refractivity contribution in [2.45, 2.75) is 18.9 Å². The number of aromatic nitrogens is 1. The van der Waals surface area contributed by atoms with E-state index >= 15 is 0 Å². The average Bonchev–Trinajstić information content (AvgIpc) is 2.21. The molecule has 0 amide bonds. The van der Waals surface area contributed by atoms with Crippen LogP contribution in [0.5, 0.6) is 0 Å². The van der Waals surface area contributed by atoms with Gasteiger partial charge in [-0.15, -0.1) is 0 Å². The minimum atomic E-state index is 0.248. The molecule has 3 heteroatoms. The fourth-order valence-electron chi connectivity index (χ4n) is 1.36. The van der Waals surface area contributed by atoms with Gasteiger partial charge < -0.3 is 10.4 Å². The van der Waals surface area contributed by atoms with Crippen LogP contribution in [0, 0.1) is 0 Å². The van der Waals surface area contributed by atoms with Gasteiger partial charge in [-0.05, 0) is 31.5 Å². The molecule has 0 bridgehead atoms. The first-order valence-electron chi connectivity index (χ1n) is 4.56. The Hall–Kier alpha value is -0.930. The van der Waals surface area contributed by atoms with Crippen LogP contribution >= 0.6 is 0 Å². The van der Waals surface area contributed by atoms with Gasteiger partial charge in [0.2, 0.25) is 0 Å². The van der Waals surface area contributed by atoms with Crippen LogP contribution in [0.3, 0.4) is 0 Å². The van der Waals surface area contributed by atoms with Gasteiger partial charge in [0.05, 0.1) is 0 Å². The van der Waals surface area contributed by atoms with Crippen molar-refractivity contribution in [3.05, 3.63) is 30.1 Å². The minimum Gasteiger partial charge on any atom is -0.396 e. The average molecular weight is 180 g/mol. The van der Waals surface area contributed by atoms with E-state index in [-0.39, 0.29) is 6.61 Å². The Morgan fingerprint density at radius 2 is 2.46 bits per heavy atom. The summed E-state index contributed by atoms with van der Waals surface area (Å²) >= 11 is 0. The first kappa shape index (κ1) is 10.2. The lowest BCUT2D eigenvalue weighted by Crippen LogP contribution is -2.16. The third-order valence-corrected chi connectivity index (χ3v) is 2.09. The Morgan fingerprint density at radius 3 is 3.00 bits per heavy atom. The lowest BCUT2D eigenvalue weighted by atomic mass is 10.0. The van der Waals surface area contributed by atoms with E-state index in [0.717, 1.165) is 12.8 Å². The van der Waals surface area contributed by atoms with E-state index in [1.807, 2.05) is 25.4 Å². The molecule has 1 atom stereocenters. The molecular weight excluding hydrogens is 164 g/mol. The summed E-state index contributed by atoms with van der Waals surface area (Å²) in [5.74, 6) is 0. The molecule has 13 heavy (non-hydrogen) atoms. The quantitative estimate of drug-likeness (QED) is 0.713. The van der Waals surface area contributed by atoms with Crippen LogP contribution in [0.25, 0.3) is 0 Å². The zero-order valence-electron chi connectivity index (χ0n) is 7.90. The summed E-state index contributed by atoms with van der Waals surface area (Å²) in [6.07, 6.45) is 5.39. The number of nitrogens with zero attached hydrogens (tertiary/aromatic N) is 1. The Balaban J connectivity index is 2.56. The lowest BCUT2D eigenvalue weighted by Gasteiger charge is -2.14. The van der Waals surface area contributed by atoms with Crippen LogP contribution in [0.4, 0.5) is 0 Å². The standard InChI is InChI=1S/C10H16N2O/c1-11-10(5-3-7-13)9-4-2-6-12-8-9/h2,4,6,8,10-11,13H,3,5,7H2,1H3. The van der Waals surface area contributed by atoms with Gasteiger partial charge >= 0.3 is 0 Å². The number of rotatable bonds is 5. The van der Waals surface area contributed by atoms with Crippen LogP contribution in [0.1, 0.15) is 24.4 Å². The summed E-state index contributed by atoms with van der Waals surface area (Å²) < 4.78 is 0. The highest BCUT2D eigenvalue weighted by atomic mass is 16.2. The Labute approximate surface area is 78.8 Å². The zero-order valence-corrected chi connectivity index (χ0v) is 7.90. The van der Waals surface area contributed by atoms with Crippen LogP contribution in [-0.4, -0.2) is 23.7 Å². The highest BCUT2D eigenvalue weighted by Gasteiger charge is 2.07. The monoisotopic (exact) mass is 180 g/mol. The number of hydrogen-bond donors (Lipinski definition) is 2. The summed E-state index contributed by atoms with van der Waals surface area (Å²) in [5.41, 5.74) is 1.18. The number of aliphatic hydroxyl groups excluding tert-OH is 1. The molecule has 0 radical (unpaired) electrons. The van der Waals surface area contributed by atoms with Crippen LogP contribution < -0.4 is 5.32 Å². The molecule has 0 aliphatic heterocycles. The van der Waals surface area contributed by atoms with Crippen molar-refractivity contribution in [2.24, 2.45) is 0 Å². The van der Waals surface area contributed by atoms with E-state index in [9.17, 15) is 0 Å². The lowest BCUT2D eigenvalue weighted by molar-refractivity contribution is 0.276. The molecule has 1 unspecified atom stereocenters. The molecule has 0 saturated heterocycles. The highest BCUT2D eigenvalue weighted by Crippen LogP contribution is 2.15. The molecule has 0 spiro atoms. The minimum absolute atomic E-state index is 0.248. The van der Waals surface area contributed by atoms with Gasteiger partial charge in [-0.2, -0.15) is 0 Å². The molecule has 0 aliphatic carbocycles. The molecule has 0 aliphatic rings. The van der Waals surface area contributed by atoms with Crippen LogP contribution in [0.2, 0.25) is 0 Å². The van der Waals surface area contributed by atoms with Gasteiger partial charge in [0, 0.05) is 25.0 Å². The van der Waals surface area contributed by atoms with Gasteiger partial charge in [-0.3, -0.25) is 4.98 Å². The first-order valence-corrected chi connectivity index (χ1v) is 4.56. The zero-order chi connectivity index (χ0) is 9.52. The topological polar surface area (TPSA) is 45.1 Å². The normalized spacial score (nSPS) is 12.8. The van der Waals surface area contributed by atoms with Crippen molar-refractivity contribution in [1.29, 1.82) is 0 Å². The van der Waals surface area contributed by atoms with Crippen LogP contribution in [0.15, 0.2) is 24.5 Å². The van der Waals surface area contributed by atoms with Gasteiger partial charge in [0.1, 0.15) is 0 Å². The molecule has 72 valence electrons. The van der Waals surface area contributed by atoms with Gasteiger partial charge in [-0.1, -0.05) is 6.07 Å². The third-order valence-electron chi connectivity index (χ3n) is 2.09. The van der Waals surface area contributed by atoms with Crippen molar-refractivity contribution in [1.82, 2.24) is 10.3 Å². The molecule has 3 nitrogen and oxygen atoms in total. The maximum Gasteiger partial charge on any atom is 0.0431 e. The fraction of sp³-hybridized carbons (Fsp3) is 0.500. The number of nitrogens with one attached hydrogen (secondary N) is 1. The van der Waals surface area contributed by atoms with Gasteiger partial charge in [0.15, 0.2) is 0 Å². The summed E-state index contributed by atoms with van der Waals surface area (Å²) in [5, 5.41) is 11.9. The van der Waals surface area contributed by atoms with Gasteiger partial charge in [-0.25, -0.2) is 0 Å². The predicted molar refractivity (Wildman–Crippen MR) is 52.4 cm³/mol. The van der Waals surface area contributed by atoms with E-state index in [0.29, 0.717) is 6.04 Å². The molecule has 1 aromatic rings. The number of aliphatic hydroxyl groups is 1. The maximum atomic E-state index is 8.71. The SMILES string of the molecule is CNC(CCCO)c1cccnc1. The predicted octanol–water partition coefficient (Wildman–Crippen LogP) is 1.11. The molecule has 1 aromatic heterocycles. The number of hydrogen-bond acceptors (Lipinski definition) is 3. The van der Waals surface area contributed by atoms with Crippen molar-refractivity contribution in [2.75, 3.05) is 13.7 Å². The van der Waals surface area contributed by atoms with E-state index in [1.165, 1.54) is 5.56 Å². The Morgan fingerprint density at radius 1 is 1.62 bits per heavy atom. The molecule has 0 aromatic carbocycles.